The molecule has 0 aliphatic rings. The number of anilines is 2. The molecule has 1 amide bonds. The Balaban J connectivity index is 2.75. The number of amides is 1. The molecule has 4 N–H and O–H groups in total. The number of hydrogen-bond donors (Lipinski definition) is 3. The van der Waals surface area contributed by atoms with E-state index < -0.39 is 5.91 Å². The van der Waals surface area contributed by atoms with Gasteiger partial charge < -0.3 is 16.4 Å². The van der Waals surface area contributed by atoms with Gasteiger partial charge in [0.1, 0.15) is 11.6 Å². The second-order valence-corrected chi connectivity index (χ2v) is 5.14. The van der Waals surface area contributed by atoms with E-state index in [4.69, 9.17) is 11.0 Å². The van der Waals surface area contributed by atoms with Crippen molar-refractivity contribution in [1.29, 1.82) is 5.26 Å². The van der Waals surface area contributed by atoms with Crippen molar-refractivity contribution in [3.8, 4) is 6.07 Å². The first-order valence-electron chi connectivity index (χ1n) is 5.87. The first kappa shape index (κ1) is 14.6. The van der Waals surface area contributed by atoms with Crippen LogP contribution in [0.15, 0.2) is 36.0 Å². The summed E-state index contributed by atoms with van der Waals surface area (Å²) in [7, 11) is 0. The van der Waals surface area contributed by atoms with E-state index in [-0.39, 0.29) is 11.1 Å². The molecule has 19 heavy (non-hydrogen) atoms. The lowest BCUT2D eigenvalue weighted by molar-refractivity contribution is -0.118. The number of hydrogen-bond acceptors (Lipinski definition) is 4. The molecule has 0 radical (unpaired) electrons. The fourth-order valence-corrected chi connectivity index (χ4v) is 1.29. The highest BCUT2D eigenvalue weighted by molar-refractivity contribution is 5.97. The van der Waals surface area contributed by atoms with E-state index in [1.54, 1.807) is 24.3 Å². The Hall–Kier alpha value is -2.48. The molecule has 100 valence electrons. The monoisotopic (exact) mass is 258 g/mol. The number of nitrogens with zero attached hydrogens (tertiary/aromatic N) is 1. The molecule has 0 aromatic heterocycles. The highest BCUT2D eigenvalue weighted by Gasteiger charge is 2.16. The standard InChI is InChI=1S/C14H18N4O/c1-14(2,3)18-13(19)10(8-15)9-17-12-6-4-11(16)5-7-12/h4-7,9,17H,16H2,1-3H3,(H,18,19)/b10-9-. The summed E-state index contributed by atoms with van der Waals surface area (Å²) >= 11 is 0. The molecular weight excluding hydrogens is 240 g/mol. The van der Waals surface area contributed by atoms with E-state index in [2.05, 4.69) is 10.6 Å². The first-order valence-corrected chi connectivity index (χ1v) is 5.87. The van der Waals surface area contributed by atoms with Crippen molar-refractivity contribution >= 4 is 17.3 Å². The Morgan fingerprint density at radius 1 is 1.32 bits per heavy atom. The van der Waals surface area contributed by atoms with Crippen LogP contribution in [-0.4, -0.2) is 11.4 Å². The van der Waals surface area contributed by atoms with Gasteiger partial charge in [-0.2, -0.15) is 5.26 Å². The van der Waals surface area contributed by atoms with Crippen LogP contribution in [0.4, 0.5) is 11.4 Å². The summed E-state index contributed by atoms with van der Waals surface area (Å²) in [6, 6.07) is 8.87. The zero-order chi connectivity index (χ0) is 14.5. The maximum Gasteiger partial charge on any atom is 0.263 e. The molecule has 0 heterocycles. The van der Waals surface area contributed by atoms with Crippen LogP contribution < -0.4 is 16.4 Å². The molecule has 0 unspecified atom stereocenters. The number of nitriles is 1. The van der Waals surface area contributed by atoms with Gasteiger partial charge in [-0.05, 0) is 45.0 Å². The quantitative estimate of drug-likeness (QED) is 0.439. The third-order valence-corrected chi connectivity index (χ3v) is 2.15. The summed E-state index contributed by atoms with van der Waals surface area (Å²) in [5.74, 6) is -0.405. The van der Waals surface area contributed by atoms with E-state index in [1.807, 2.05) is 26.8 Å². The van der Waals surface area contributed by atoms with Crippen LogP contribution in [0.5, 0.6) is 0 Å². The van der Waals surface area contributed by atoms with Gasteiger partial charge in [0, 0.05) is 23.1 Å². The minimum Gasteiger partial charge on any atom is -0.399 e. The van der Waals surface area contributed by atoms with E-state index in [0.717, 1.165) is 5.69 Å². The number of carbonyl (C=O) groups excluding carboxylic acids is 1. The molecule has 0 bridgehead atoms. The smallest absolute Gasteiger partial charge is 0.263 e. The van der Waals surface area contributed by atoms with Crippen LogP contribution >= 0.6 is 0 Å². The van der Waals surface area contributed by atoms with Crippen molar-refractivity contribution in [2.45, 2.75) is 26.3 Å². The fraction of sp³-hybridized carbons (Fsp3) is 0.286. The van der Waals surface area contributed by atoms with Crippen LogP contribution in [-0.2, 0) is 4.79 Å². The molecule has 0 spiro atoms. The Labute approximate surface area is 113 Å². The van der Waals surface area contributed by atoms with Crippen LogP contribution in [0.1, 0.15) is 20.8 Å². The molecular formula is C14H18N4O. The Morgan fingerprint density at radius 2 is 1.89 bits per heavy atom. The number of rotatable bonds is 3. The highest BCUT2D eigenvalue weighted by atomic mass is 16.1. The van der Waals surface area contributed by atoms with Crippen LogP contribution in [0.2, 0.25) is 0 Å². The van der Waals surface area contributed by atoms with Gasteiger partial charge >= 0.3 is 0 Å². The summed E-state index contributed by atoms with van der Waals surface area (Å²) in [6.07, 6.45) is 1.38. The zero-order valence-corrected chi connectivity index (χ0v) is 11.3. The van der Waals surface area contributed by atoms with E-state index >= 15 is 0 Å². The van der Waals surface area contributed by atoms with E-state index in [0.29, 0.717) is 5.69 Å². The van der Waals surface area contributed by atoms with Crippen molar-refractivity contribution in [2.75, 3.05) is 11.1 Å². The van der Waals surface area contributed by atoms with Crippen LogP contribution in [0.3, 0.4) is 0 Å². The normalized spacial score (nSPS) is 11.6. The molecule has 0 fully saturated rings. The van der Waals surface area contributed by atoms with Crippen molar-refractivity contribution in [3.05, 3.63) is 36.0 Å². The molecule has 0 saturated carbocycles. The SMILES string of the molecule is CC(C)(C)NC(=O)/C(C#N)=C\Nc1ccc(N)cc1. The molecule has 5 nitrogen and oxygen atoms in total. The third kappa shape index (κ3) is 5.13. The van der Waals surface area contributed by atoms with Crippen LogP contribution in [0, 0.1) is 11.3 Å². The Morgan fingerprint density at radius 3 is 2.37 bits per heavy atom. The molecule has 1 rings (SSSR count). The number of nitrogens with two attached hydrogens (primary N) is 1. The largest absolute Gasteiger partial charge is 0.399 e. The number of carbonyl (C=O) groups is 1. The number of nitrogen functional groups attached to an aromatic ring is 1. The highest BCUT2D eigenvalue weighted by Crippen LogP contribution is 2.11. The van der Waals surface area contributed by atoms with Gasteiger partial charge in [-0.15, -0.1) is 0 Å². The van der Waals surface area contributed by atoms with Crippen LogP contribution in [0.25, 0.3) is 0 Å². The van der Waals surface area contributed by atoms with Gasteiger partial charge in [0.25, 0.3) is 5.91 Å². The third-order valence-electron chi connectivity index (χ3n) is 2.15. The molecule has 1 aromatic carbocycles. The lowest BCUT2D eigenvalue weighted by atomic mass is 10.1. The Bertz CT molecular complexity index is 518. The maximum absolute atomic E-state index is 11.8. The molecule has 0 saturated heterocycles. The molecule has 0 aliphatic heterocycles. The lowest BCUT2D eigenvalue weighted by Gasteiger charge is -2.20. The minimum atomic E-state index is -0.405. The predicted octanol–water partition coefficient (Wildman–Crippen LogP) is 2.00. The topological polar surface area (TPSA) is 90.9 Å². The fourth-order valence-electron chi connectivity index (χ4n) is 1.29. The van der Waals surface area contributed by atoms with E-state index in [1.165, 1.54) is 6.20 Å². The summed E-state index contributed by atoms with van der Waals surface area (Å²) < 4.78 is 0. The molecule has 0 atom stereocenters. The van der Waals surface area contributed by atoms with Crippen molar-refractivity contribution in [3.63, 3.8) is 0 Å². The summed E-state index contributed by atoms with van der Waals surface area (Å²) in [6.45, 7) is 5.56. The number of benzene rings is 1. The second kappa shape index (κ2) is 5.91. The molecule has 5 heteroatoms. The average molecular weight is 258 g/mol. The average Bonchev–Trinajstić information content (AvgIpc) is 2.30. The van der Waals surface area contributed by atoms with Gasteiger partial charge in [-0.3, -0.25) is 4.79 Å². The van der Waals surface area contributed by atoms with Gasteiger partial charge in [0.2, 0.25) is 0 Å². The molecule has 1 aromatic rings. The van der Waals surface area contributed by atoms with Crippen molar-refractivity contribution in [1.82, 2.24) is 5.32 Å². The second-order valence-electron chi connectivity index (χ2n) is 5.14. The zero-order valence-electron chi connectivity index (χ0n) is 11.3. The summed E-state index contributed by atoms with van der Waals surface area (Å²) in [5.41, 5.74) is 6.61. The van der Waals surface area contributed by atoms with Gasteiger partial charge in [-0.1, -0.05) is 0 Å². The number of nitrogens with one attached hydrogen (secondary N) is 2. The van der Waals surface area contributed by atoms with Crippen molar-refractivity contribution < 1.29 is 4.79 Å². The Kier molecular flexibility index (Phi) is 4.54. The maximum atomic E-state index is 11.8. The van der Waals surface area contributed by atoms with Gasteiger partial charge in [-0.25, -0.2) is 0 Å². The molecule has 0 aliphatic carbocycles. The van der Waals surface area contributed by atoms with E-state index in [9.17, 15) is 4.79 Å². The first-order chi connectivity index (χ1) is 8.81. The minimum absolute atomic E-state index is 0.0201. The lowest BCUT2D eigenvalue weighted by Crippen LogP contribution is -2.41. The summed E-state index contributed by atoms with van der Waals surface area (Å²) in [5, 5.41) is 14.6. The predicted molar refractivity (Wildman–Crippen MR) is 76.1 cm³/mol. The van der Waals surface area contributed by atoms with Gasteiger partial charge in [0.15, 0.2) is 0 Å². The van der Waals surface area contributed by atoms with Crippen molar-refractivity contribution in [2.24, 2.45) is 0 Å². The van der Waals surface area contributed by atoms with Gasteiger partial charge in [0.05, 0.1) is 0 Å². The summed E-state index contributed by atoms with van der Waals surface area (Å²) in [4.78, 5) is 11.8.